The van der Waals surface area contributed by atoms with Gasteiger partial charge in [-0.25, -0.2) is 0 Å². The van der Waals surface area contributed by atoms with E-state index in [-0.39, 0.29) is 6.10 Å². The van der Waals surface area contributed by atoms with Crippen LogP contribution in [0.25, 0.3) is 16.8 Å². The van der Waals surface area contributed by atoms with E-state index in [2.05, 4.69) is 33.8 Å². The monoisotopic (exact) mass is 402 g/mol. The molecule has 0 saturated carbocycles. The Hall–Kier alpha value is -3.54. The molecule has 6 heteroatoms. The number of aromatic nitrogens is 2. The first-order valence-electron chi connectivity index (χ1n) is 10.1. The van der Waals surface area contributed by atoms with Crippen molar-refractivity contribution in [2.45, 2.75) is 40.3 Å². The number of ether oxygens (including phenoxy) is 1. The van der Waals surface area contributed by atoms with Crippen molar-refractivity contribution in [3.63, 3.8) is 0 Å². The van der Waals surface area contributed by atoms with Crippen LogP contribution in [0.5, 0.6) is 5.75 Å². The van der Waals surface area contributed by atoms with Gasteiger partial charge in [-0.1, -0.05) is 17.3 Å². The van der Waals surface area contributed by atoms with Crippen molar-refractivity contribution in [3.8, 4) is 17.0 Å². The minimum absolute atomic E-state index is 0.168. The zero-order valence-corrected chi connectivity index (χ0v) is 17.7. The molecular formula is C24H26N4O2. The van der Waals surface area contributed by atoms with Crippen molar-refractivity contribution in [2.24, 2.45) is 0 Å². The summed E-state index contributed by atoms with van der Waals surface area (Å²) in [6, 6.07) is 12.1. The van der Waals surface area contributed by atoms with Gasteiger partial charge >= 0.3 is 0 Å². The van der Waals surface area contributed by atoms with Gasteiger partial charge in [-0.15, -0.1) is 0 Å². The van der Waals surface area contributed by atoms with Gasteiger partial charge in [0.15, 0.2) is 0 Å². The van der Waals surface area contributed by atoms with Gasteiger partial charge in [0, 0.05) is 41.0 Å². The Bertz CT molecular complexity index is 1060. The molecular weight excluding hydrogens is 376 g/mol. The van der Waals surface area contributed by atoms with Crippen molar-refractivity contribution >= 4 is 5.57 Å². The molecule has 1 aliphatic rings. The minimum Gasteiger partial charge on any atom is -0.491 e. The van der Waals surface area contributed by atoms with E-state index in [1.807, 2.05) is 75.6 Å². The number of allylic oxidation sites excluding steroid dienone is 2. The lowest BCUT2D eigenvalue weighted by Crippen LogP contribution is -2.30. The van der Waals surface area contributed by atoms with E-state index in [1.54, 1.807) is 0 Å². The first-order chi connectivity index (χ1) is 14.5. The summed E-state index contributed by atoms with van der Waals surface area (Å²) in [4.78, 5) is 4.37. The van der Waals surface area contributed by atoms with Gasteiger partial charge in [-0.05, 0) is 63.6 Å². The van der Waals surface area contributed by atoms with E-state index in [1.165, 1.54) is 0 Å². The number of hydrazine groups is 1. The third-order valence-corrected chi connectivity index (χ3v) is 4.88. The van der Waals surface area contributed by atoms with E-state index in [4.69, 9.17) is 9.26 Å². The van der Waals surface area contributed by atoms with E-state index >= 15 is 0 Å². The summed E-state index contributed by atoms with van der Waals surface area (Å²) in [5.41, 5.74) is 9.35. The van der Waals surface area contributed by atoms with Gasteiger partial charge in [0.25, 0.3) is 0 Å². The van der Waals surface area contributed by atoms with Crippen molar-refractivity contribution in [2.75, 3.05) is 0 Å². The van der Waals surface area contributed by atoms with Gasteiger partial charge in [-0.3, -0.25) is 9.99 Å². The topological polar surface area (TPSA) is 63.4 Å². The van der Waals surface area contributed by atoms with Crippen LogP contribution in [0, 0.1) is 13.8 Å². The highest BCUT2D eigenvalue weighted by Gasteiger charge is 2.18. The fraction of sp³-hybridized carbons (Fsp3) is 0.250. The lowest BCUT2D eigenvalue weighted by Gasteiger charge is -2.24. The SMILES string of the molecule is Cc1ccc(-c2noc(C)c2CN2C=CC(c3ccc(OC(C)C)cc3)=CN2)cn1. The van der Waals surface area contributed by atoms with E-state index < -0.39 is 0 Å². The molecule has 0 fully saturated rings. The quantitative estimate of drug-likeness (QED) is 0.625. The largest absolute Gasteiger partial charge is 0.491 e. The van der Waals surface area contributed by atoms with Crippen LogP contribution in [-0.4, -0.2) is 21.3 Å². The molecule has 3 heterocycles. The summed E-state index contributed by atoms with van der Waals surface area (Å²) in [5.74, 6) is 1.68. The Morgan fingerprint density at radius 2 is 1.83 bits per heavy atom. The highest BCUT2D eigenvalue weighted by atomic mass is 16.5. The van der Waals surface area contributed by atoms with Gasteiger partial charge in [0.1, 0.15) is 17.2 Å². The maximum absolute atomic E-state index is 5.72. The third-order valence-electron chi connectivity index (χ3n) is 4.88. The molecule has 30 heavy (non-hydrogen) atoms. The average Bonchev–Trinajstić information content (AvgIpc) is 3.10. The Balaban J connectivity index is 1.45. The molecule has 0 atom stereocenters. The first-order valence-corrected chi connectivity index (χ1v) is 10.1. The summed E-state index contributed by atoms with van der Waals surface area (Å²) in [7, 11) is 0. The second-order valence-electron chi connectivity index (χ2n) is 7.62. The zero-order valence-electron chi connectivity index (χ0n) is 17.7. The average molecular weight is 402 g/mol. The molecule has 1 N–H and O–H groups in total. The maximum Gasteiger partial charge on any atom is 0.139 e. The number of hydrogen-bond acceptors (Lipinski definition) is 6. The molecule has 154 valence electrons. The standard InChI is InChI=1S/C24H26N4O2/c1-16(2)29-22-9-7-19(8-10-22)20-11-12-28(26-14-20)15-23-18(4)30-27-24(23)21-6-5-17(3)25-13-21/h5-14,16,26H,15H2,1-4H3. The second kappa shape index (κ2) is 8.45. The summed E-state index contributed by atoms with van der Waals surface area (Å²) in [6.07, 6.45) is 8.11. The van der Waals surface area contributed by atoms with Crippen LogP contribution in [0.3, 0.4) is 0 Å². The van der Waals surface area contributed by atoms with Gasteiger partial charge in [0.05, 0.1) is 12.6 Å². The van der Waals surface area contributed by atoms with Crippen molar-refractivity contribution in [3.05, 3.63) is 83.7 Å². The van der Waals surface area contributed by atoms with Crippen LogP contribution in [-0.2, 0) is 6.54 Å². The molecule has 3 aromatic rings. The van der Waals surface area contributed by atoms with Crippen molar-refractivity contribution in [1.29, 1.82) is 0 Å². The minimum atomic E-state index is 0.168. The van der Waals surface area contributed by atoms with E-state index in [0.29, 0.717) is 6.54 Å². The highest BCUT2D eigenvalue weighted by molar-refractivity contribution is 5.74. The van der Waals surface area contributed by atoms with Crippen LogP contribution < -0.4 is 10.2 Å². The fourth-order valence-electron chi connectivity index (χ4n) is 3.27. The smallest absolute Gasteiger partial charge is 0.139 e. The second-order valence-corrected chi connectivity index (χ2v) is 7.62. The molecule has 0 amide bonds. The summed E-state index contributed by atoms with van der Waals surface area (Å²) in [6.45, 7) is 8.58. The Morgan fingerprint density at radius 1 is 1.07 bits per heavy atom. The number of hydrogen-bond donors (Lipinski definition) is 1. The molecule has 4 rings (SSSR count). The molecule has 0 bridgehead atoms. The van der Waals surface area contributed by atoms with Crippen molar-refractivity contribution in [1.82, 2.24) is 20.6 Å². The maximum atomic E-state index is 5.72. The highest BCUT2D eigenvalue weighted by Crippen LogP contribution is 2.27. The molecule has 1 aromatic carbocycles. The molecule has 0 spiro atoms. The van der Waals surface area contributed by atoms with Crippen LogP contribution in [0.1, 0.15) is 36.4 Å². The predicted octanol–water partition coefficient (Wildman–Crippen LogP) is 5.02. The summed E-state index contributed by atoms with van der Waals surface area (Å²) >= 11 is 0. The zero-order chi connectivity index (χ0) is 21.1. The Morgan fingerprint density at radius 3 is 2.47 bits per heavy atom. The van der Waals surface area contributed by atoms with Gasteiger partial charge < -0.3 is 14.7 Å². The lowest BCUT2D eigenvalue weighted by atomic mass is 10.1. The van der Waals surface area contributed by atoms with Crippen LogP contribution in [0.2, 0.25) is 0 Å². The summed E-state index contributed by atoms with van der Waals surface area (Å²) in [5, 5.41) is 6.26. The molecule has 6 nitrogen and oxygen atoms in total. The van der Waals surface area contributed by atoms with Crippen LogP contribution >= 0.6 is 0 Å². The predicted molar refractivity (Wildman–Crippen MR) is 117 cm³/mol. The normalized spacial score (nSPS) is 13.4. The van der Waals surface area contributed by atoms with Crippen molar-refractivity contribution < 1.29 is 9.26 Å². The molecule has 1 aliphatic heterocycles. The number of nitrogens with one attached hydrogen (secondary N) is 1. The van der Waals surface area contributed by atoms with Crippen LogP contribution in [0.15, 0.2) is 65.6 Å². The number of rotatable bonds is 6. The van der Waals surface area contributed by atoms with Gasteiger partial charge in [-0.2, -0.15) is 0 Å². The van der Waals surface area contributed by atoms with Gasteiger partial charge in [0.2, 0.25) is 0 Å². The molecule has 2 aromatic heterocycles. The Kier molecular flexibility index (Phi) is 5.57. The van der Waals surface area contributed by atoms with E-state index in [0.717, 1.165) is 45.2 Å². The molecule has 0 unspecified atom stereocenters. The summed E-state index contributed by atoms with van der Waals surface area (Å²) < 4.78 is 11.2. The number of pyridine rings is 1. The third kappa shape index (κ3) is 4.38. The number of aryl methyl sites for hydroxylation is 2. The van der Waals surface area contributed by atoms with Crippen LogP contribution in [0.4, 0.5) is 0 Å². The first kappa shape index (κ1) is 19.8. The van der Waals surface area contributed by atoms with E-state index in [9.17, 15) is 0 Å². The molecule has 0 aliphatic carbocycles. The molecule has 0 radical (unpaired) electrons. The number of benzene rings is 1. The lowest BCUT2D eigenvalue weighted by molar-refractivity contribution is 0.242. The molecule has 0 saturated heterocycles. The fourth-order valence-corrected chi connectivity index (χ4v) is 3.27. The Labute approximate surface area is 176 Å². The number of nitrogens with zero attached hydrogens (tertiary/aromatic N) is 3.